The maximum Gasteiger partial charge on any atom is 0.170 e. The van der Waals surface area contributed by atoms with Gasteiger partial charge in [-0.05, 0) is 51.5 Å². The maximum absolute atomic E-state index is 8.88. The van der Waals surface area contributed by atoms with Crippen LogP contribution in [0.5, 0.6) is 0 Å². The van der Waals surface area contributed by atoms with Crippen LogP contribution in [-0.4, -0.2) is 54.6 Å². The highest BCUT2D eigenvalue weighted by molar-refractivity contribution is 5.98. The van der Waals surface area contributed by atoms with Gasteiger partial charge in [0.05, 0.1) is 0 Å². The molecular weight excluding hydrogens is 264 g/mol. The van der Waals surface area contributed by atoms with Crippen LogP contribution in [0.3, 0.4) is 0 Å². The molecule has 5 heteroatoms. The van der Waals surface area contributed by atoms with E-state index in [0.717, 1.165) is 30.1 Å². The summed E-state index contributed by atoms with van der Waals surface area (Å²) in [6.45, 7) is 4.30. The first-order valence-electron chi connectivity index (χ1n) is 7.53. The molecule has 0 saturated carbocycles. The van der Waals surface area contributed by atoms with Crippen molar-refractivity contribution < 1.29 is 5.21 Å². The molecule has 5 nitrogen and oxygen atoms in total. The van der Waals surface area contributed by atoms with Crippen LogP contribution >= 0.6 is 0 Å². The van der Waals surface area contributed by atoms with Gasteiger partial charge in [-0.25, -0.2) is 0 Å². The SMILES string of the molecule is CN1CCC(CN(C)Cc2ccccc2C(N)=NO)CC1. The number of hydrogen-bond acceptors (Lipinski definition) is 4. The van der Waals surface area contributed by atoms with Crippen LogP contribution < -0.4 is 5.73 Å². The van der Waals surface area contributed by atoms with E-state index in [2.05, 4.69) is 29.1 Å². The van der Waals surface area contributed by atoms with Crippen molar-refractivity contribution in [3.63, 3.8) is 0 Å². The van der Waals surface area contributed by atoms with Crippen molar-refractivity contribution in [3.05, 3.63) is 35.4 Å². The van der Waals surface area contributed by atoms with Crippen LogP contribution in [0.15, 0.2) is 29.4 Å². The third-order valence-corrected chi connectivity index (χ3v) is 4.25. The van der Waals surface area contributed by atoms with E-state index in [0.29, 0.717) is 0 Å². The van der Waals surface area contributed by atoms with E-state index in [1.807, 2.05) is 24.3 Å². The molecule has 1 aromatic rings. The van der Waals surface area contributed by atoms with Crippen molar-refractivity contribution in [1.82, 2.24) is 9.80 Å². The predicted octanol–water partition coefficient (Wildman–Crippen LogP) is 1.55. The number of nitrogens with zero attached hydrogens (tertiary/aromatic N) is 3. The van der Waals surface area contributed by atoms with Crippen molar-refractivity contribution in [2.75, 3.05) is 33.7 Å². The third-order valence-electron chi connectivity index (χ3n) is 4.25. The Labute approximate surface area is 127 Å². The van der Waals surface area contributed by atoms with Gasteiger partial charge in [-0.1, -0.05) is 29.4 Å². The zero-order chi connectivity index (χ0) is 15.2. The van der Waals surface area contributed by atoms with Gasteiger partial charge in [-0.3, -0.25) is 0 Å². The molecule has 1 aliphatic rings. The molecule has 0 amide bonds. The van der Waals surface area contributed by atoms with Gasteiger partial charge in [0.15, 0.2) is 5.84 Å². The van der Waals surface area contributed by atoms with E-state index in [4.69, 9.17) is 10.9 Å². The number of amidine groups is 1. The normalized spacial score (nSPS) is 18.3. The summed E-state index contributed by atoms with van der Waals surface area (Å²) in [5, 5.41) is 12.0. The number of oxime groups is 1. The number of hydrogen-bond donors (Lipinski definition) is 2. The van der Waals surface area contributed by atoms with Crippen LogP contribution in [0, 0.1) is 5.92 Å². The number of nitrogens with two attached hydrogens (primary N) is 1. The fourth-order valence-corrected chi connectivity index (χ4v) is 3.00. The first kappa shape index (κ1) is 15.8. The largest absolute Gasteiger partial charge is 0.409 e. The van der Waals surface area contributed by atoms with Crippen LogP contribution in [-0.2, 0) is 6.54 Å². The standard InChI is InChI=1S/C16H26N4O/c1-19-9-7-13(8-10-19)11-20(2)12-14-5-3-4-6-15(14)16(17)18-21/h3-6,13,21H,7-12H2,1-2H3,(H2,17,18). The molecule has 1 aromatic carbocycles. The van der Waals surface area contributed by atoms with Gasteiger partial charge in [0.2, 0.25) is 0 Å². The minimum atomic E-state index is 0.179. The Bertz CT molecular complexity index is 481. The van der Waals surface area contributed by atoms with Crippen molar-refractivity contribution >= 4 is 5.84 Å². The summed E-state index contributed by atoms with van der Waals surface area (Å²) >= 11 is 0. The lowest BCUT2D eigenvalue weighted by atomic mass is 9.96. The second kappa shape index (κ2) is 7.43. The van der Waals surface area contributed by atoms with Gasteiger partial charge in [0, 0.05) is 18.7 Å². The Morgan fingerprint density at radius 1 is 1.38 bits per heavy atom. The molecule has 1 fully saturated rings. The summed E-state index contributed by atoms with van der Waals surface area (Å²) in [4.78, 5) is 4.73. The van der Waals surface area contributed by atoms with Crippen LogP contribution in [0.1, 0.15) is 24.0 Å². The van der Waals surface area contributed by atoms with Gasteiger partial charge in [-0.2, -0.15) is 0 Å². The van der Waals surface area contributed by atoms with E-state index >= 15 is 0 Å². The van der Waals surface area contributed by atoms with Crippen molar-refractivity contribution in [2.45, 2.75) is 19.4 Å². The van der Waals surface area contributed by atoms with E-state index in [1.165, 1.54) is 25.9 Å². The molecule has 3 N–H and O–H groups in total. The molecule has 1 saturated heterocycles. The summed E-state index contributed by atoms with van der Waals surface area (Å²) in [5.74, 6) is 0.945. The van der Waals surface area contributed by atoms with Crippen molar-refractivity contribution in [3.8, 4) is 0 Å². The van der Waals surface area contributed by atoms with Gasteiger partial charge in [0.25, 0.3) is 0 Å². The van der Waals surface area contributed by atoms with E-state index < -0.39 is 0 Å². The molecule has 1 aliphatic heterocycles. The molecule has 116 valence electrons. The van der Waals surface area contributed by atoms with E-state index in [1.54, 1.807) is 0 Å². The molecule has 0 atom stereocenters. The third kappa shape index (κ3) is 4.44. The zero-order valence-corrected chi connectivity index (χ0v) is 13.0. The smallest absolute Gasteiger partial charge is 0.170 e. The molecule has 0 aliphatic carbocycles. The Morgan fingerprint density at radius 3 is 2.71 bits per heavy atom. The predicted molar refractivity (Wildman–Crippen MR) is 85.5 cm³/mol. The van der Waals surface area contributed by atoms with Crippen LogP contribution in [0.4, 0.5) is 0 Å². The second-order valence-corrected chi connectivity index (χ2v) is 6.09. The molecule has 0 unspecified atom stereocenters. The molecule has 0 spiro atoms. The first-order chi connectivity index (χ1) is 10.1. The fourth-order valence-electron chi connectivity index (χ4n) is 3.00. The van der Waals surface area contributed by atoms with Gasteiger partial charge in [0.1, 0.15) is 0 Å². The van der Waals surface area contributed by atoms with Gasteiger partial charge >= 0.3 is 0 Å². The highest BCUT2D eigenvalue weighted by Crippen LogP contribution is 2.18. The Hall–Kier alpha value is -1.59. The summed E-state index contributed by atoms with van der Waals surface area (Å²) in [5.41, 5.74) is 7.66. The Kier molecular flexibility index (Phi) is 5.59. The van der Waals surface area contributed by atoms with Gasteiger partial charge < -0.3 is 20.7 Å². The molecule has 1 heterocycles. The first-order valence-corrected chi connectivity index (χ1v) is 7.53. The zero-order valence-electron chi connectivity index (χ0n) is 13.0. The quantitative estimate of drug-likeness (QED) is 0.374. The van der Waals surface area contributed by atoms with E-state index in [-0.39, 0.29) is 5.84 Å². The number of benzene rings is 1. The molecule has 0 aromatic heterocycles. The Balaban J connectivity index is 1.95. The molecule has 21 heavy (non-hydrogen) atoms. The second-order valence-electron chi connectivity index (χ2n) is 6.09. The number of likely N-dealkylation sites (tertiary alicyclic amines) is 1. The lowest BCUT2D eigenvalue weighted by Crippen LogP contribution is -2.35. The fraction of sp³-hybridized carbons (Fsp3) is 0.562. The number of rotatable bonds is 5. The van der Waals surface area contributed by atoms with Crippen molar-refractivity contribution in [2.24, 2.45) is 16.8 Å². The molecular formula is C16H26N4O. The minimum absolute atomic E-state index is 0.179. The highest BCUT2D eigenvalue weighted by atomic mass is 16.4. The summed E-state index contributed by atoms with van der Waals surface area (Å²) in [7, 11) is 4.33. The summed E-state index contributed by atoms with van der Waals surface area (Å²) in [6, 6.07) is 7.84. The monoisotopic (exact) mass is 290 g/mol. The lowest BCUT2D eigenvalue weighted by molar-refractivity contribution is 0.173. The topological polar surface area (TPSA) is 65.1 Å². The highest BCUT2D eigenvalue weighted by Gasteiger charge is 2.18. The molecule has 2 rings (SSSR count). The summed E-state index contributed by atoms with van der Waals surface area (Å²) in [6.07, 6.45) is 2.53. The van der Waals surface area contributed by atoms with Crippen molar-refractivity contribution in [1.29, 1.82) is 0 Å². The molecule has 0 bridgehead atoms. The average molecular weight is 290 g/mol. The van der Waals surface area contributed by atoms with E-state index in [9.17, 15) is 0 Å². The van der Waals surface area contributed by atoms with Crippen LogP contribution in [0.2, 0.25) is 0 Å². The maximum atomic E-state index is 8.88. The van der Waals surface area contributed by atoms with Crippen LogP contribution in [0.25, 0.3) is 0 Å². The average Bonchev–Trinajstić information content (AvgIpc) is 2.49. The Morgan fingerprint density at radius 2 is 2.05 bits per heavy atom. The summed E-state index contributed by atoms with van der Waals surface area (Å²) < 4.78 is 0. The molecule has 0 radical (unpaired) electrons. The minimum Gasteiger partial charge on any atom is -0.409 e. The number of piperidine rings is 1. The lowest BCUT2D eigenvalue weighted by Gasteiger charge is -2.31. The van der Waals surface area contributed by atoms with Gasteiger partial charge in [-0.15, -0.1) is 0 Å².